The molecular weight excluding hydrogens is 210 g/mol. The molecule has 0 bridgehead atoms. The lowest BCUT2D eigenvalue weighted by molar-refractivity contribution is 0.0303. The van der Waals surface area contributed by atoms with Gasteiger partial charge in [0.25, 0.3) is 0 Å². The maximum absolute atomic E-state index is 10.2. The van der Waals surface area contributed by atoms with E-state index in [9.17, 15) is 5.11 Å². The molecule has 17 heavy (non-hydrogen) atoms. The van der Waals surface area contributed by atoms with Crippen molar-refractivity contribution in [2.45, 2.75) is 52.2 Å². The van der Waals surface area contributed by atoms with Gasteiger partial charge in [-0.25, -0.2) is 0 Å². The minimum absolute atomic E-state index is 0.277. The second-order valence-electron chi connectivity index (χ2n) is 4.95. The fourth-order valence-electron chi connectivity index (χ4n) is 1.90. The highest BCUT2D eigenvalue weighted by Gasteiger charge is 2.22. The van der Waals surface area contributed by atoms with E-state index < -0.39 is 5.60 Å². The Bertz CT molecular complexity index is 345. The number of hydrogen-bond donors (Lipinski definition) is 2. The summed E-state index contributed by atoms with van der Waals surface area (Å²) in [5.41, 5.74) is 1.98. The molecule has 0 aliphatic rings. The molecule has 2 heteroatoms. The molecule has 1 aromatic rings. The van der Waals surface area contributed by atoms with E-state index in [4.69, 9.17) is 0 Å². The van der Waals surface area contributed by atoms with Gasteiger partial charge in [0.15, 0.2) is 0 Å². The maximum Gasteiger partial charge on any atom is 0.0766 e. The fourth-order valence-corrected chi connectivity index (χ4v) is 1.90. The highest BCUT2D eigenvalue weighted by atomic mass is 16.3. The molecule has 0 saturated carbocycles. The average molecular weight is 235 g/mol. The Hall–Kier alpha value is -0.860. The summed E-state index contributed by atoms with van der Waals surface area (Å²) in [5.74, 6) is 0. The van der Waals surface area contributed by atoms with Gasteiger partial charge >= 0.3 is 0 Å². The van der Waals surface area contributed by atoms with Crippen molar-refractivity contribution in [2.75, 3.05) is 6.54 Å². The molecule has 0 aliphatic heterocycles. The van der Waals surface area contributed by atoms with Crippen LogP contribution in [0.25, 0.3) is 0 Å². The van der Waals surface area contributed by atoms with Crippen LogP contribution in [0.3, 0.4) is 0 Å². The maximum atomic E-state index is 10.2. The van der Waals surface area contributed by atoms with Crippen molar-refractivity contribution in [1.29, 1.82) is 0 Å². The quantitative estimate of drug-likeness (QED) is 0.793. The van der Waals surface area contributed by atoms with Gasteiger partial charge in [-0.2, -0.15) is 0 Å². The van der Waals surface area contributed by atoms with Crippen LogP contribution in [0.4, 0.5) is 0 Å². The Morgan fingerprint density at radius 2 is 1.94 bits per heavy atom. The summed E-state index contributed by atoms with van der Waals surface area (Å²) in [6.07, 6.45) is 1.58. The van der Waals surface area contributed by atoms with E-state index >= 15 is 0 Å². The van der Waals surface area contributed by atoms with Gasteiger partial charge < -0.3 is 10.4 Å². The third-order valence-electron chi connectivity index (χ3n) is 3.60. The molecule has 0 radical (unpaired) electrons. The molecule has 0 heterocycles. The first-order valence-corrected chi connectivity index (χ1v) is 6.53. The number of rotatable bonds is 6. The Labute approximate surface area is 105 Å². The lowest BCUT2D eigenvalue weighted by Gasteiger charge is -2.27. The molecule has 1 rings (SSSR count). The highest BCUT2D eigenvalue weighted by molar-refractivity contribution is 5.24. The minimum atomic E-state index is -0.571. The molecule has 0 unspecified atom stereocenters. The third kappa shape index (κ3) is 4.14. The zero-order valence-corrected chi connectivity index (χ0v) is 11.5. The fraction of sp³-hybridized carbons (Fsp3) is 0.600. The van der Waals surface area contributed by atoms with Crippen molar-refractivity contribution in [3.8, 4) is 0 Å². The first-order chi connectivity index (χ1) is 8.00. The topological polar surface area (TPSA) is 32.3 Å². The van der Waals surface area contributed by atoms with Gasteiger partial charge in [-0.1, -0.05) is 43.7 Å². The summed E-state index contributed by atoms with van der Waals surface area (Å²) in [6.45, 7) is 8.95. The molecule has 0 aromatic heterocycles. The predicted octanol–water partition coefficient (Wildman–Crippen LogP) is 3.20. The van der Waals surface area contributed by atoms with E-state index in [2.05, 4.69) is 43.4 Å². The van der Waals surface area contributed by atoms with Gasteiger partial charge in [0.05, 0.1) is 5.60 Å². The first kappa shape index (κ1) is 14.2. The van der Waals surface area contributed by atoms with Crippen LogP contribution < -0.4 is 5.32 Å². The first-order valence-electron chi connectivity index (χ1n) is 6.53. The molecular formula is C15H25NO. The summed E-state index contributed by atoms with van der Waals surface area (Å²) in [6, 6.07) is 8.77. The minimum Gasteiger partial charge on any atom is -0.389 e. The van der Waals surface area contributed by atoms with Crippen LogP contribution in [0, 0.1) is 6.92 Å². The molecule has 1 aromatic carbocycles. The van der Waals surface area contributed by atoms with Gasteiger partial charge in [0.2, 0.25) is 0 Å². The van der Waals surface area contributed by atoms with Crippen molar-refractivity contribution in [2.24, 2.45) is 0 Å². The monoisotopic (exact) mass is 235 g/mol. The SMILES string of the molecule is CCC(O)(CC)CN[C@H](C)c1cccc(C)c1. The third-order valence-corrected chi connectivity index (χ3v) is 3.60. The van der Waals surface area contributed by atoms with E-state index in [-0.39, 0.29) is 6.04 Å². The normalized spacial score (nSPS) is 13.7. The van der Waals surface area contributed by atoms with Crippen LogP contribution >= 0.6 is 0 Å². The van der Waals surface area contributed by atoms with Gasteiger partial charge in [-0.3, -0.25) is 0 Å². The Balaban J connectivity index is 2.58. The van der Waals surface area contributed by atoms with Gasteiger partial charge in [0, 0.05) is 12.6 Å². The van der Waals surface area contributed by atoms with Crippen LogP contribution in [0.5, 0.6) is 0 Å². The van der Waals surface area contributed by atoms with Gasteiger partial charge in [-0.15, -0.1) is 0 Å². The van der Waals surface area contributed by atoms with Crippen LogP contribution in [0.1, 0.15) is 50.8 Å². The van der Waals surface area contributed by atoms with E-state index in [0.29, 0.717) is 6.54 Å². The Morgan fingerprint density at radius 1 is 1.29 bits per heavy atom. The lowest BCUT2D eigenvalue weighted by Crippen LogP contribution is -2.40. The molecule has 1 atom stereocenters. The van der Waals surface area contributed by atoms with Crippen LogP contribution in [0.15, 0.2) is 24.3 Å². The van der Waals surface area contributed by atoms with Crippen molar-refractivity contribution in [3.05, 3.63) is 35.4 Å². The van der Waals surface area contributed by atoms with E-state index in [0.717, 1.165) is 12.8 Å². The van der Waals surface area contributed by atoms with Crippen molar-refractivity contribution in [3.63, 3.8) is 0 Å². The lowest BCUT2D eigenvalue weighted by atomic mass is 9.96. The second-order valence-corrected chi connectivity index (χ2v) is 4.95. The number of aliphatic hydroxyl groups is 1. The van der Waals surface area contributed by atoms with Crippen LogP contribution in [-0.4, -0.2) is 17.3 Å². The van der Waals surface area contributed by atoms with Crippen molar-refractivity contribution < 1.29 is 5.11 Å². The number of aryl methyl sites for hydroxylation is 1. The van der Waals surface area contributed by atoms with E-state index in [1.165, 1.54) is 11.1 Å². The molecule has 96 valence electrons. The van der Waals surface area contributed by atoms with Crippen molar-refractivity contribution >= 4 is 0 Å². The molecule has 2 N–H and O–H groups in total. The van der Waals surface area contributed by atoms with Crippen molar-refractivity contribution in [1.82, 2.24) is 5.32 Å². The highest BCUT2D eigenvalue weighted by Crippen LogP contribution is 2.17. The Morgan fingerprint density at radius 3 is 2.47 bits per heavy atom. The Kier molecular flexibility index (Phi) is 5.16. The van der Waals surface area contributed by atoms with Crippen LogP contribution in [0.2, 0.25) is 0 Å². The zero-order chi connectivity index (χ0) is 12.9. The van der Waals surface area contributed by atoms with E-state index in [1.54, 1.807) is 0 Å². The molecule has 0 fully saturated rings. The smallest absolute Gasteiger partial charge is 0.0766 e. The van der Waals surface area contributed by atoms with Gasteiger partial charge in [-0.05, 0) is 32.3 Å². The predicted molar refractivity (Wildman–Crippen MR) is 73.1 cm³/mol. The molecule has 2 nitrogen and oxygen atoms in total. The molecule has 0 saturated heterocycles. The summed E-state index contributed by atoms with van der Waals surface area (Å²) >= 11 is 0. The largest absolute Gasteiger partial charge is 0.389 e. The van der Waals surface area contributed by atoms with E-state index in [1.807, 2.05) is 13.8 Å². The molecule has 0 amide bonds. The summed E-state index contributed by atoms with van der Waals surface area (Å²) in [5, 5.41) is 13.6. The number of benzene rings is 1. The van der Waals surface area contributed by atoms with Gasteiger partial charge in [0.1, 0.15) is 0 Å². The number of nitrogens with one attached hydrogen (secondary N) is 1. The second kappa shape index (κ2) is 6.18. The zero-order valence-electron chi connectivity index (χ0n) is 11.5. The molecule has 0 spiro atoms. The average Bonchev–Trinajstić information content (AvgIpc) is 2.35. The standard InChI is InChI=1S/C15H25NO/c1-5-15(17,6-2)11-16-13(4)14-9-7-8-12(3)10-14/h7-10,13,16-17H,5-6,11H2,1-4H3/t13-/m1/s1. The summed E-state index contributed by atoms with van der Waals surface area (Å²) in [7, 11) is 0. The summed E-state index contributed by atoms with van der Waals surface area (Å²) in [4.78, 5) is 0. The summed E-state index contributed by atoms with van der Waals surface area (Å²) < 4.78 is 0. The molecule has 0 aliphatic carbocycles. The number of hydrogen-bond acceptors (Lipinski definition) is 2. The van der Waals surface area contributed by atoms with Crippen LogP contribution in [-0.2, 0) is 0 Å².